The first kappa shape index (κ1) is 13.5. The normalized spacial score (nSPS) is 29.9. The topological polar surface area (TPSA) is 57.3 Å². The number of carbonyl (C=O) groups is 1. The third kappa shape index (κ3) is 2.83. The van der Waals surface area contributed by atoms with E-state index in [4.69, 9.17) is 0 Å². The van der Waals surface area contributed by atoms with E-state index in [2.05, 4.69) is 22.8 Å². The number of nitrogens with zero attached hydrogens (tertiary/aromatic N) is 2. The number of carbonyl (C=O) groups excluding carboxylic acids is 1. The second-order valence-corrected chi connectivity index (χ2v) is 5.95. The number of nitrogens with one attached hydrogen (secondary N) is 2. The molecule has 20 heavy (non-hydrogen) atoms. The van der Waals surface area contributed by atoms with Gasteiger partial charge in [0.15, 0.2) is 0 Å². The highest BCUT2D eigenvalue weighted by Crippen LogP contribution is 2.26. The summed E-state index contributed by atoms with van der Waals surface area (Å²) < 4.78 is 0. The Kier molecular flexibility index (Phi) is 3.98. The molecule has 5 heteroatoms. The van der Waals surface area contributed by atoms with Crippen molar-refractivity contribution in [2.45, 2.75) is 25.8 Å². The van der Waals surface area contributed by atoms with Crippen LogP contribution in [0.1, 0.15) is 18.9 Å². The van der Waals surface area contributed by atoms with E-state index >= 15 is 0 Å². The lowest BCUT2D eigenvalue weighted by atomic mass is 9.90. The summed E-state index contributed by atoms with van der Waals surface area (Å²) in [5, 5.41) is 0. The molecule has 2 saturated heterocycles. The van der Waals surface area contributed by atoms with Gasteiger partial charge in [-0.2, -0.15) is 0 Å². The average molecular weight is 274 g/mol. The first-order valence-corrected chi connectivity index (χ1v) is 7.39. The molecule has 5 nitrogen and oxygen atoms in total. The quantitative estimate of drug-likeness (QED) is 0.847. The lowest BCUT2D eigenvalue weighted by Crippen LogP contribution is -2.40. The van der Waals surface area contributed by atoms with E-state index < -0.39 is 0 Å². The van der Waals surface area contributed by atoms with Gasteiger partial charge in [0.05, 0.1) is 6.42 Å². The van der Waals surface area contributed by atoms with Crippen molar-refractivity contribution >= 4 is 5.91 Å². The van der Waals surface area contributed by atoms with Crippen LogP contribution in [0.25, 0.3) is 0 Å². The molecule has 0 aliphatic carbocycles. The molecule has 108 valence electrons. The van der Waals surface area contributed by atoms with E-state index in [-0.39, 0.29) is 5.91 Å². The predicted octanol–water partition coefficient (Wildman–Crippen LogP) is 0.585. The van der Waals surface area contributed by atoms with Gasteiger partial charge >= 0.3 is 0 Å². The van der Waals surface area contributed by atoms with Crippen molar-refractivity contribution in [1.29, 1.82) is 0 Å². The fourth-order valence-electron chi connectivity index (χ4n) is 3.29. The maximum absolute atomic E-state index is 12.3. The Balaban J connectivity index is 1.55. The van der Waals surface area contributed by atoms with Gasteiger partial charge in [-0.3, -0.25) is 20.6 Å². The maximum atomic E-state index is 12.3. The molecule has 1 aromatic rings. The van der Waals surface area contributed by atoms with Crippen LogP contribution in [0.4, 0.5) is 0 Å². The van der Waals surface area contributed by atoms with Crippen molar-refractivity contribution in [1.82, 2.24) is 20.7 Å². The molecule has 3 heterocycles. The highest BCUT2D eigenvalue weighted by atomic mass is 16.2. The van der Waals surface area contributed by atoms with Crippen LogP contribution in [-0.2, 0) is 11.2 Å². The summed E-state index contributed by atoms with van der Waals surface area (Å²) in [6.45, 7) is 5.04. The minimum absolute atomic E-state index is 0.221. The Morgan fingerprint density at radius 1 is 1.55 bits per heavy atom. The van der Waals surface area contributed by atoms with E-state index in [0.717, 1.165) is 31.6 Å². The van der Waals surface area contributed by atoms with E-state index in [1.54, 1.807) is 12.4 Å². The number of aromatic nitrogens is 1. The number of hydrazine groups is 1. The number of likely N-dealkylation sites (tertiary alicyclic amines) is 1. The van der Waals surface area contributed by atoms with E-state index in [0.29, 0.717) is 24.3 Å². The number of pyridine rings is 1. The van der Waals surface area contributed by atoms with E-state index in [1.807, 2.05) is 17.0 Å². The minimum atomic E-state index is 0.221. The molecule has 2 N–H and O–H groups in total. The summed E-state index contributed by atoms with van der Waals surface area (Å²) in [5.74, 6) is 1.42. The molecule has 0 radical (unpaired) electrons. The van der Waals surface area contributed by atoms with Crippen molar-refractivity contribution in [2.24, 2.45) is 11.8 Å². The summed E-state index contributed by atoms with van der Waals surface area (Å²) in [6.07, 6.45) is 5.07. The van der Waals surface area contributed by atoms with Crippen LogP contribution in [0, 0.1) is 11.8 Å². The first-order chi connectivity index (χ1) is 9.74. The van der Waals surface area contributed by atoms with Gasteiger partial charge < -0.3 is 4.90 Å². The second-order valence-electron chi connectivity index (χ2n) is 5.95. The molecule has 1 aromatic heterocycles. The maximum Gasteiger partial charge on any atom is 0.227 e. The Labute approximate surface area is 119 Å². The van der Waals surface area contributed by atoms with Crippen molar-refractivity contribution in [3.05, 3.63) is 30.1 Å². The Morgan fingerprint density at radius 3 is 3.15 bits per heavy atom. The van der Waals surface area contributed by atoms with Gasteiger partial charge in [0.1, 0.15) is 0 Å². The third-order valence-corrected chi connectivity index (χ3v) is 4.47. The molecule has 0 aromatic carbocycles. The number of hydrogen-bond donors (Lipinski definition) is 2. The summed E-state index contributed by atoms with van der Waals surface area (Å²) in [4.78, 5) is 18.4. The first-order valence-electron chi connectivity index (χ1n) is 7.39. The number of amides is 1. The zero-order valence-electron chi connectivity index (χ0n) is 11.9. The van der Waals surface area contributed by atoms with Crippen LogP contribution in [0.2, 0.25) is 0 Å². The van der Waals surface area contributed by atoms with Gasteiger partial charge in [-0.05, 0) is 29.9 Å². The largest absolute Gasteiger partial charge is 0.342 e. The molecule has 0 saturated carbocycles. The average Bonchev–Trinajstić information content (AvgIpc) is 3.08. The van der Waals surface area contributed by atoms with Crippen LogP contribution in [0.5, 0.6) is 0 Å². The van der Waals surface area contributed by atoms with Gasteiger partial charge in [0.25, 0.3) is 0 Å². The molecule has 0 spiro atoms. The Hall–Kier alpha value is -1.46. The highest BCUT2D eigenvalue weighted by molar-refractivity contribution is 5.78. The van der Waals surface area contributed by atoms with E-state index in [1.165, 1.54) is 0 Å². The summed E-state index contributed by atoms with van der Waals surface area (Å²) in [7, 11) is 0. The fourth-order valence-corrected chi connectivity index (χ4v) is 3.29. The number of rotatable bonds is 3. The zero-order valence-corrected chi connectivity index (χ0v) is 11.9. The summed E-state index contributed by atoms with van der Waals surface area (Å²) >= 11 is 0. The molecule has 2 fully saturated rings. The predicted molar refractivity (Wildman–Crippen MR) is 76.7 cm³/mol. The highest BCUT2D eigenvalue weighted by Gasteiger charge is 2.36. The minimum Gasteiger partial charge on any atom is -0.342 e. The SMILES string of the molecule is CC1CNNC1C1CCN(C(=O)Cc2cccnc2)C1. The van der Waals surface area contributed by atoms with Gasteiger partial charge in [0.2, 0.25) is 5.91 Å². The molecule has 1 amide bonds. The van der Waals surface area contributed by atoms with Gasteiger partial charge in [0, 0.05) is 38.1 Å². The smallest absolute Gasteiger partial charge is 0.227 e. The summed E-state index contributed by atoms with van der Waals surface area (Å²) in [5.41, 5.74) is 7.58. The lowest BCUT2D eigenvalue weighted by Gasteiger charge is -2.22. The molecule has 2 aliphatic heterocycles. The fraction of sp³-hybridized carbons (Fsp3) is 0.600. The van der Waals surface area contributed by atoms with Crippen molar-refractivity contribution in [2.75, 3.05) is 19.6 Å². The van der Waals surface area contributed by atoms with Crippen LogP contribution in [-0.4, -0.2) is 41.5 Å². The Morgan fingerprint density at radius 2 is 2.45 bits per heavy atom. The zero-order chi connectivity index (χ0) is 13.9. The van der Waals surface area contributed by atoms with Gasteiger partial charge in [-0.25, -0.2) is 0 Å². The third-order valence-electron chi connectivity index (χ3n) is 4.47. The molecule has 0 bridgehead atoms. The molecular formula is C15H22N4O. The van der Waals surface area contributed by atoms with Gasteiger partial charge in [-0.15, -0.1) is 0 Å². The van der Waals surface area contributed by atoms with Crippen LogP contribution in [0.3, 0.4) is 0 Å². The van der Waals surface area contributed by atoms with Gasteiger partial charge in [-0.1, -0.05) is 13.0 Å². The second kappa shape index (κ2) is 5.89. The van der Waals surface area contributed by atoms with Crippen molar-refractivity contribution < 1.29 is 4.79 Å². The van der Waals surface area contributed by atoms with Crippen molar-refractivity contribution in [3.63, 3.8) is 0 Å². The van der Waals surface area contributed by atoms with Crippen LogP contribution >= 0.6 is 0 Å². The molecule has 2 aliphatic rings. The molecule has 3 atom stereocenters. The van der Waals surface area contributed by atoms with Crippen LogP contribution in [0.15, 0.2) is 24.5 Å². The summed E-state index contributed by atoms with van der Waals surface area (Å²) in [6, 6.07) is 4.33. The lowest BCUT2D eigenvalue weighted by molar-refractivity contribution is -0.129. The molecular weight excluding hydrogens is 252 g/mol. The Bertz CT molecular complexity index is 464. The molecule has 3 unspecified atom stereocenters. The molecule has 3 rings (SSSR count). The van der Waals surface area contributed by atoms with Crippen LogP contribution < -0.4 is 10.9 Å². The standard InChI is InChI=1S/C15H22N4O/c1-11-8-17-18-15(11)13-4-6-19(10-13)14(20)7-12-3-2-5-16-9-12/h2-3,5,9,11,13,15,17-18H,4,6-8,10H2,1H3. The number of hydrogen-bond acceptors (Lipinski definition) is 4. The van der Waals surface area contributed by atoms with Crippen molar-refractivity contribution in [3.8, 4) is 0 Å². The van der Waals surface area contributed by atoms with E-state index in [9.17, 15) is 4.79 Å². The monoisotopic (exact) mass is 274 g/mol.